The quantitative estimate of drug-likeness (QED) is 0.615. The van der Waals surface area contributed by atoms with E-state index in [1.54, 1.807) is 48.7 Å². The van der Waals surface area contributed by atoms with Crippen LogP contribution in [0, 0.1) is 0 Å². The molecule has 1 amide bonds. The summed E-state index contributed by atoms with van der Waals surface area (Å²) in [6.45, 7) is 0. The van der Waals surface area contributed by atoms with Gasteiger partial charge in [0.2, 0.25) is 0 Å². The standard InChI is InChI=1S/C19H15Cl2N3O2/c1-26-17-6-5-15(11-16(17)21)24-19(25)12-7-8-22-18(9-12)23-14-4-2-3-13(20)10-14/h2-11H,1H3,(H,22,23)(H,24,25). The monoisotopic (exact) mass is 387 g/mol. The molecule has 26 heavy (non-hydrogen) atoms. The second-order valence-electron chi connectivity index (χ2n) is 5.37. The highest BCUT2D eigenvalue weighted by molar-refractivity contribution is 6.32. The Bertz CT molecular complexity index is 948. The summed E-state index contributed by atoms with van der Waals surface area (Å²) in [5.74, 6) is 0.803. The second kappa shape index (κ2) is 8.08. The molecule has 132 valence electrons. The lowest BCUT2D eigenvalue weighted by Crippen LogP contribution is -2.12. The van der Waals surface area contributed by atoms with E-state index in [-0.39, 0.29) is 5.91 Å². The van der Waals surface area contributed by atoms with Crippen molar-refractivity contribution in [2.24, 2.45) is 0 Å². The number of pyridine rings is 1. The van der Waals surface area contributed by atoms with Gasteiger partial charge in [0.25, 0.3) is 5.91 Å². The Kier molecular flexibility index (Phi) is 5.61. The van der Waals surface area contributed by atoms with Crippen molar-refractivity contribution in [1.82, 2.24) is 4.98 Å². The van der Waals surface area contributed by atoms with Crippen LogP contribution in [0.4, 0.5) is 17.2 Å². The summed E-state index contributed by atoms with van der Waals surface area (Å²) in [5, 5.41) is 6.94. The average molecular weight is 388 g/mol. The number of amides is 1. The molecule has 1 heterocycles. The topological polar surface area (TPSA) is 63.2 Å². The summed E-state index contributed by atoms with van der Waals surface area (Å²) >= 11 is 12.1. The van der Waals surface area contributed by atoms with E-state index in [0.717, 1.165) is 5.69 Å². The second-order valence-corrected chi connectivity index (χ2v) is 6.21. The van der Waals surface area contributed by atoms with E-state index in [9.17, 15) is 4.79 Å². The minimum absolute atomic E-state index is 0.275. The summed E-state index contributed by atoms with van der Waals surface area (Å²) in [6, 6.07) is 15.6. The van der Waals surface area contributed by atoms with Crippen LogP contribution >= 0.6 is 23.2 Å². The van der Waals surface area contributed by atoms with Crippen molar-refractivity contribution in [2.45, 2.75) is 0 Å². The molecule has 0 aliphatic heterocycles. The predicted molar refractivity (Wildman–Crippen MR) is 105 cm³/mol. The smallest absolute Gasteiger partial charge is 0.255 e. The van der Waals surface area contributed by atoms with Crippen LogP contribution in [-0.2, 0) is 0 Å². The van der Waals surface area contributed by atoms with Crippen LogP contribution in [-0.4, -0.2) is 18.0 Å². The van der Waals surface area contributed by atoms with Crippen molar-refractivity contribution in [3.05, 3.63) is 76.4 Å². The molecule has 0 saturated carbocycles. The Morgan fingerprint density at radius 1 is 1.04 bits per heavy atom. The molecule has 0 aliphatic rings. The average Bonchev–Trinajstić information content (AvgIpc) is 2.62. The summed E-state index contributed by atoms with van der Waals surface area (Å²) in [7, 11) is 1.53. The molecule has 7 heteroatoms. The van der Waals surface area contributed by atoms with Gasteiger partial charge in [-0.25, -0.2) is 4.98 Å². The van der Waals surface area contributed by atoms with Gasteiger partial charge in [-0.1, -0.05) is 29.3 Å². The Hall–Kier alpha value is -2.76. The van der Waals surface area contributed by atoms with Crippen molar-refractivity contribution >= 4 is 46.3 Å². The van der Waals surface area contributed by atoms with Crippen molar-refractivity contribution < 1.29 is 9.53 Å². The summed E-state index contributed by atoms with van der Waals surface area (Å²) in [4.78, 5) is 16.7. The van der Waals surface area contributed by atoms with Gasteiger partial charge in [-0.15, -0.1) is 0 Å². The fourth-order valence-corrected chi connectivity index (χ4v) is 2.75. The van der Waals surface area contributed by atoms with Gasteiger partial charge in [-0.05, 0) is 48.5 Å². The minimum Gasteiger partial charge on any atom is -0.495 e. The van der Waals surface area contributed by atoms with E-state index in [1.807, 2.05) is 12.1 Å². The van der Waals surface area contributed by atoms with Crippen LogP contribution in [0.3, 0.4) is 0 Å². The van der Waals surface area contributed by atoms with Crippen molar-refractivity contribution in [3.8, 4) is 5.75 Å². The zero-order valence-corrected chi connectivity index (χ0v) is 15.3. The Balaban J connectivity index is 1.74. The third-order valence-electron chi connectivity index (χ3n) is 3.53. The van der Waals surface area contributed by atoms with Gasteiger partial charge in [0.05, 0.1) is 12.1 Å². The third kappa shape index (κ3) is 4.45. The highest BCUT2D eigenvalue weighted by Gasteiger charge is 2.09. The summed E-state index contributed by atoms with van der Waals surface area (Å²) in [6.07, 6.45) is 1.56. The zero-order chi connectivity index (χ0) is 18.5. The van der Waals surface area contributed by atoms with Crippen LogP contribution in [0.1, 0.15) is 10.4 Å². The number of hydrogen-bond acceptors (Lipinski definition) is 4. The number of halogens is 2. The van der Waals surface area contributed by atoms with Crippen molar-refractivity contribution in [3.63, 3.8) is 0 Å². The van der Waals surface area contributed by atoms with E-state index < -0.39 is 0 Å². The molecule has 0 unspecified atom stereocenters. The molecule has 0 fully saturated rings. The van der Waals surface area contributed by atoms with Crippen LogP contribution < -0.4 is 15.4 Å². The normalized spacial score (nSPS) is 10.3. The Morgan fingerprint density at radius 2 is 1.88 bits per heavy atom. The molecule has 3 aromatic rings. The Labute approximate surface area is 160 Å². The maximum absolute atomic E-state index is 12.5. The SMILES string of the molecule is COc1ccc(NC(=O)c2ccnc(Nc3cccc(Cl)c3)c2)cc1Cl. The molecule has 1 aromatic heterocycles. The first-order valence-electron chi connectivity index (χ1n) is 7.69. The first kappa shape index (κ1) is 18.0. The van der Waals surface area contributed by atoms with Crippen LogP contribution in [0.15, 0.2) is 60.8 Å². The lowest BCUT2D eigenvalue weighted by molar-refractivity contribution is 0.102. The van der Waals surface area contributed by atoms with E-state index in [2.05, 4.69) is 15.6 Å². The highest BCUT2D eigenvalue weighted by atomic mass is 35.5. The number of nitrogens with zero attached hydrogens (tertiary/aromatic N) is 1. The molecule has 0 spiro atoms. The maximum atomic E-state index is 12.5. The molecule has 0 saturated heterocycles. The van der Waals surface area contributed by atoms with Gasteiger partial charge >= 0.3 is 0 Å². The summed E-state index contributed by atoms with van der Waals surface area (Å²) in [5.41, 5.74) is 1.81. The zero-order valence-electron chi connectivity index (χ0n) is 13.8. The maximum Gasteiger partial charge on any atom is 0.255 e. The van der Waals surface area contributed by atoms with Crippen LogP contribution in [0.5, 0.6) is 5.75 Å². The van der Waals surface area contributed by atoms with Gasteiger partial charge in [-0.2, -0.15) is 0 Å². The molecular formula is C19H15Cl2N3O2. The highest BCUT2D eigenvalue weighted by Crippen LogP contribution is 2.27. The van der Waals surface area contributed by atoms with Crippen molar-refractivity contribution in [2.75, 3.05) is 17.7 Å². The number of ether oxygens (including phenoxy) is 1. The number of rotatable bonds is 5. The van der Waals surface area contributed by atoms with Crippen LogP contribution in [0.25, 0.3) is 0 Å². The van der Waals surface area contributed by atoms with E-state index in [1.165, 1.54) is 7.11 Å². The van der Waals surface area contributed by atoms with E-state index in [0.29, 0.717) is 32.9 Å². The molecule has 0 radical (unpaired) electrons. The van der Waals surface area contributed by atoms with Gasteiger partial charge in [0, 0.05) is 28.2 Å². The molecule has 0 aliphatic carbocycles. The lowest BCUT2D eigenvalue weighted by Gasteiger charge is -2.10. The molecule has 0 bridgehead atoms. The number of benzene rings is 2. The van der Waals surface area contributed by atoms with Gasteiger partial charge in [0.1, 0.15) is 11.6 Å². The fourth-order valence-electron chi connectivity index (χ4n) is 2.30. The van der Waals surface area contributed by atoms with Gasteiger partial charge in [-0.3, -0.25) is 4.79 Å². The summed E-state index contributed by atoms with van der Waals surface area (Å²) < 4.78 is 5.10. The number of carbonyl (C=O) groups excluding carboxylic acids is 1. The molecular weight excluding hydrogens is 373 g/mol. The van der Waals surface area contributed by atoms with Crippen molar-refractivity contribution in [1.29, 1.82) is 0 Å². The molecule has 0 atom stereocenters. The predicted octanol–water partition coefficient (Wildman–Crippen LogP) is 5.39. The Morgan fingerprint density at radius 3 is 2.62 bits per heavy atom. The van der Waals surface area contributed by atoms with Crippen LogP contribution in [0.2, 0.25) is 10.0 Å². The number of anilines is 3. The first-order chi connectivity index (χ1) is 12.5. The number of aromatic nitrogens is 1. The third-order valence-corrected chi connectivity index (χ3v) is 4.06. The number of nitrogens with one attached hydrogen (secondary N) is 2. The number of carbonyl (C=O) groups is 1. The van der Waals surface area contributed by atoms with Gasteiger partial charge in [0.15, 0.2) is 0 Å². The van der Waals surface area contributed by atoms with E-state index >= 15 is 0 Å². The van der Waals surface area contributed by atoms with Gasteiger partial charge < -0.3 is 15.4 Å². The minimum atomic E-state index is -0.275. The molecule has 5 nitrogen and oxygen atoms in total. The number of methoxy groups -OCH3 is 1. The first-order valence-corrected chi connectivity index (χ1v) is 8.44. The van der Waals surface area contributed by atoms with E-state index in [4.69, 9.17) is 27.9 Å². The fraction of sp³-hybridized carbons (Fsp3) is 0.0526. The molecule has 2 aromatic carbocycles. The molecule has 2 N–H and O–H groups in total. The molecule has 3 rings (SSSR count). The number of hydrogen-bond donors (Lipinski definition) is 2. The lowest BCUT2D eigenvalue weighted by atomic mass is 10.2. The largest absolute Gasteiger partial charge is 0.495 e.